The molecule has 0 fully saturated rings. The first-order chi connectivity index (χ1) is 23.1. The predicted octanol–water partition coefficient (Wildman–Crippen LogP) is 9.07. The second-order valence-electron chi connectivity index (χ2n) is 13.2. The van der Waals surface area contributed by atoms with E-state index in [1.807, 2.05) is 33.3 Å². The average Bonchev–Trinajstić information content (AvgIpc) is 3.03. The van der Waals surface area contributed by atoms with Crippen LogP contribution >= 0.6 is 0 Å². The highest BCUT2D eigenvalue weighted by Crippen LogP contribution is 2.12. The minimum absolute atomic E-state index is 0.0404. The van der Waals surface area contributed by atoms with Gasteiger partial charge in [0, 0.05) is 19.3 Å². The Morgan fingerprint density at radius 1 is 0.646 bits per heavy atom. The van der Waals surface area contributed by atoms with Crippen molar-refractivity contribution in [2.45, 2.75) is 135 Å². The van der Waals surface area contributed by atoms with Crippen LogP contribution in [0.5, 0.6) is 0 Å². The Morgan fingerprint density at radius 3 is 1.75 bits per heavy atom. The summed E-state index contributed by atoms with van der Waals surface area (Å²) in [5, 5.41) is 9.57. The molecule has 0 rings (SSSR count). The molecule has 1 N–H and O–H groups in total. The van der Waals surface area contributed by atoms with E-state index in [4.69, 9.17) is 14.2 Å². The van der Waals surface area contributed by atoms with Gasteiger partial charge in [0.05, 0.1) is 34.4 Å². The maximum atomic E-state index is 12.6. The zero-order valence-electron chi connectivity index (χ0n) is 30.9. The van der Waals surface area contributed by atoms with E-state index in [0.29, 0.717) is 12.8 Å². The fourth-order valence-corrected chi connectivity index (χ4v) is 4.83. The quantitative estimate of drug-likeness (QED) is 0.0339. The number of quaternary nitrogens is 1. The summed E-state index contributed by atoms with van der Waals surface area (Å²) >= 11 is 0. The van der Waals surface area contributed by atoms with Crippen LogP contribution < -0.4 is 0 Å². The first-order valence-electron chi connectivity index (χ1n) is 18.4. The molecule has 0 aromatic carbocycles. The van der Waals surface area contributed by atoms with Crippen molar-refractivity contribution in [1.82, 2.24) is 0 Å². The van der Waals surface area contributed by atoms with Crippen molar-refractivity contribution in [2.75, 3.05) is 41.0 Å². The molecule has 0 aliphatic heterocycles. The van der Waals surface area contributed by atoms with Crippen LogP contribution in [0.25, 0.3) is 0 Å². The molecule has 48 heavy (non-hydrogen) atoms. The third-order valence-electron chi connectivity index (χ3n) is 7.74. The van der Waals surface area contributed by atoms with E-state index in [1.165, 1.54) is 12.8 Å². The molecule has 8 heteroatoms. The molecule has 0 saturated carbocycles. The van der Waals surface area contributed by atoms with Crippen molar-refractivity contribution in [3.63, 3.8) is 0 Å². The van der Waals surface area contributed by atoms with Crippen molar-refractivity contribution < 1.29 is 38.2 Å². The van der Waals surface area contributed by atoms with Crippen molar-refractivity contribution in [3.8, 4) is 0 Å². The normalized spacial score (nSPS) is 13.8. The number of unbranched alkanes of at least 4 members (excludes halogenated alkanes) is 10. The average molecular weight is 675 g/mol. The Morgan fingerprint density at radius 2 is 1.17 bits per heavy atom. The minimum atomic E-state index is -0.887. The molecule has 274 valence electrons. The zero-order valence-corrected chi connectivity index (χ0v) is 30.9. The smallest absolute Gasteiger partial charge is 0.362 e. The molecule has 0 saturated heterocycles. The molecule has 0 heterocycles. The number of ether oxygens (including phenoxy) is 3. The number of carboxylic acids is 1. The second kappa shape index (κ2) is 31.3. The highest BCUT2D eigenvalue weighted by Gasteiger charge is 2.31. The van der Waals surface area contributed by atoms with Crippen molar-refractivity contribution in [1.29, 1.82) is 0 Å². The van der Waals surface area contributed by atoms with E-state index < -0.39 is 18.1 Å². The van der Waals surface area contributed by atoms with Gasteiger partial charge in [-0.05, 0) is 51.4 Å². The molecule has 0 bridgehead atoms. The van der Waals surface area contributed by atoms with Gasteiger partial charge in [-0.3, -0.25) is 9.59 Å². The number of carbonyl (C=O) groups excluding carboxylic acids is 2. The Labute approximate surface area is 292 Å². The molecule has 8 nitrogen and oxygen atoms in total. The largest absolute Gasteiger partial charge is 0.477 e. The van der Waals surface area contributed by atoms with Gasteiger partial charge < -0.3 is 23.8 Å². The summed E-state index contributed by atoms with van der Waals surface area (Å²) in [5.41, 5.74) is 0. The predicted molar refractivity (Wildman–Crippen MR) is 197 cm³/mol. The summed E-state index contributed by atoms with van der Waals surface area (Å²) in [4.78, 5) is 36.7. The number of allylic oxidation sites excluding steroid dienone is 10. The minimum Gasteiger partial charge on any atom is -0.477 e. The third kappa shape index (κ3) is 29.2. The van der Waals surface area contributed by atoms with Gasteiger partial charge in [0.25, 0.3) is 0 Å². The number of hydrogen-bond donors (Lipinski definition) is 1. The van der Waals surface area contributed by atoms with Crippen LogP contribution in [0.2, 0.25) is 0 Å². The fraction of sp³-hybridized carbons (Fsp3) is 0.675. The van der Waals surface area contributed by atoms with Crippen LogP contribution in [-0.2, 0) is 28.6 Å². The Hall–Kier alpha value is -2.97. The molecule has 2 atom stereocenters. The molecular weight excluding hydrogens is 606 g/mol. The second-order valence-corrected chi connectivity index (χ2v) is 13.2. The molecular formula is C40H68NO7+. The van der Waals surface area contributed by atoms with Crippen LogP contribution in [0.3, 0.4) is 0 Å². The fourth-order valence-electron chi connectivity index (χ4n) is 4.83. The third-order valence-corrected chi connectivity index (χ3v) is 7.74. The Balaban J connectivity index is 4.53. The molecule has 0 aromatic rings. The number of nitrogens with zero attached hydrogens (tertiary/aromatic N) is 1. The lowest BCUT2D eigenvalue weighted by Gasteiger charge is -2.31. The first kappa shape index (κ1) is 45.0. The van der Waals surface area contributed by atoms with Gasteiger partial charge >= 0.3 is 17.9 Å². The van der Waals surface area contributed by atoms with Crippen LogP contribution in [0.4, 0.5) is 0 Å². The number of rotatable bonds is 31. The van der Waals surface area contributed by atoms with Crippen molar-refractivity contribution in [2.24, 2.45) is 0 Å². The lowest BCUT2D eigenvalue weighted by molar-refractivity contribution is -0.887. The summed E-state index contributed by atoms with van der Waals surface area (Å²) in [6, 6.07) is -0.623. The van der Waals surface area contributed by atoms with E-state index in [0.717, 1.165) is 77.0 Å². The lowest BCUT2D eigenvalue weighted by Crippen LogP contribution is -2.50. The van der Waals surface area contributed by atoms with E-state index in [2.05, 4.69) is 62.5 Å². The summed E-state index contributed by atoms with van der Waals surface area (Å²) in [6.45, 7) is 4.46. The van der Waals surface area contributed by atoms with E-state index in [1.54, 1.807) is 0 Å². The van der Waals surface area contributed by atoms with E-state index >= 15 is 0 Å². The highest BCUT2D eigenvalue weighted by atomic mass is 16.6. The first-order valence-corrected chi connectivity index (χ1v) is 18.4. The van der Waals surface area contributed by atoms with Crippen LogP contribution in [0.15, 0.2) is 60.8 Å². The van der Waals surface area contributed by atoms with Crippen LogP contribution in [0, 0.1) is 0 Å². The highest BCUT2D eigenvalue weighted by molar-refractivity contribution is 5.72. The van der Waals surface area contributed by atoms with Gasteiger partial charge in [0.15, 0.2) is 12.1 Å². The standard InChI is InChI=1S/C40H67NO7/c1-6-8-10-12-14-16-18-19-21-22-24-26-28-30-38(42)47-35-36(34-46-33-32-37(40(44)45)41(3,4)5)48-39(43)31-29-27-25-23-20-17-15-13-11-9-7-2/h8,10,12-18,20,36-37H,6-7,9,11,19,21-35H2,1-5H3/p+1/b10-8+,14-12+,15-13+,18-16+,20-17+. The van der Waals surface area contributed by atoms with Crippen molar-refractivity contribution in [3.05, 3.63) is 60.8 Å². The molecule has 0 aliphatic carbocycles. The number of carboxylic acid groups (broad SMARTS) is 1. The Kier molecular flexibility index (Phi) is 29.4. The number of aliphatic carboxylic acids is 1. The number of likely N-dealkylation sites (N-methyl/N-ethyl adjacent to an activating group) is 1. The summed E-state index contributed by atoms with van der Waals surface area (Å²) in [7, 11) is 5.49. The Bertz CT molecular complexity index is 975. The zero-order chi connectivity index (χ0) is 35.7. The molecule has 0 spiro atoms. The monoisotopic (exact) mass is 674 g/mol. The van der Waals surface area contributed by atoms with Gasteiger partial charge in [-0.1, -0.05) is 113 Å². The van der Waals surface area contributed by atoms with Gasteiger partial charge in [0.2, 0.25) is 0 Å². The molecule has 0 aliphatic rings. The van der Waals surface area contributed by atoms with Gasteiger partial charge in [-0.15, -0.1) is 0 Å². The van der Waals surface area contributed by atoms with E-state index in [9.17, 15) is 19.5 Å². The summed E-state index contributed by atoms with van der Waals surface area (Å²) < 4.78 is 17.1. The summed E-state index contributed by atoms with van der Waals surface area (Å²) in [5.74, 6) is -1.54. The number of carbonyl (C=O) groups is 3. The molecule has 0 amide bonds. The topological polar surface area (TPSA) is 99.1 Å². The SMILES string of the molecule is CC/C=C/C=C/C=C/CCCCCCCC(=O)OCC(COCCC(C(=O)O)[N+](C)(C)C)OC(=O)CCCCC/C=C/C=C/CCCC. The molecule has 0 radical (unpaired) electrons. The van der Waals surface area contributed by atoms with Crippen LogP contribution in [0.1, 0.15) is 123 Å². The van der Waals surface area contributed by atoms with Crippen LogP contribution in [-0.4, -0.2) is 80.6 Å². The van der Waals surface area contributed by atoms with E-state index in [-0.39, 0.29) is 42.7 Å². The van der Waals surface area contributed by atoms with Gasteiger partial charge in [-0.2, -0.15) is 0 Å². The number of hydrogen-bond acceptors (Lipinski definition) is 6. The summed E-state index contributed by atoms with van der Waals surface area (Å²) in [6.07, 6.45) is 35.5. The molecule has 0 aromatic heterocycles. The maximum Gasteiger partial charge on any atom is 0.362 e. The maximum absolute atomic E-state index is 12.6. The van der Waals surface area contributed by atoms with Gasteiger partial charge in [0.1, 0.15) is 6.61 Å². The van der Waals surface area contributed by atoms with Gasteiger partial charge in [-0.25, -0.2) is 4.79 Å². The molecule has 2 unspecified atom stereocenters. The lowest BCUT2D eigenvalue weighted by atomic mass is 10.1. The number of esters is 2. The van der Waals surface area contributed by atoms with Crippen molar-refractivity contribution >= 4 is 17.9 Å².